The molecule has 1 saturated heterocycles. The number of aromatic amines is 1. The highest BCUT2D eigenvalue weighted by Gasteiger charge is 2.33. The Morgan fingerprint density at radius 3 is 2.43 bits per heavy atom. The number of nitrogens with two attached hydrogens (primary N) is 1. The summed E-state index contributed by atoms with van der Waals surface area (Å²) in [6.07, 6.45) is 0. The molecule has 0 saturated carbocycles. The predicted molar refractivity (Wildman–Crippen MR) is 112 cm³/mol. The zero-order valence-electron chi connectivity index (χ0n) is 17.6. The molecular formula is C21H29N4O5+. The fraction of sp³-hybridized carbons (Fsp3) is 0.476. The maximum atomic E-state index is 12.9. The summed E-state index contributed by atoms with van der Waals surface area (Å²) < 4.78 is 11.7. The summed E-state index contributed by atoms with van der Waals surface area (Å²) in [6, 6.07) is 6.54. The third kappa shape index (κ3) is 4.47. The summed E-state index contributed by atoms with van der Waals surface area (Å²) in [6.45, 7) is 6.86. The van der Waals surface area contributed by atoms with E-state index in [2.05, 4.69) is 4.98 Å². The van der Waals surface area contributed by atoms with Crippen molar-refractivity contribution >= 4 is 11.8 Å². The van der Waals surface area contributed by atoms with Gasteiger partial charge in [-0.05, 0) is 18.1 Å². The van der Waals surface area contributed by atoms with Gasteiger partial charge in [-0.1, -0.05) is 26.0 Å². The number of hydrogen-bond acceptors (Lipinski definition) is 6. The van der Waals surface area contributed by atoms with Crippen LogP contribution in [-0.4, -0.2) is 48.9 Å². The van der Waals surface area contributed by atoms with Crippen LogP contribution in [0.15, 0.2) is 33.9 Å². The van der Waals surface area contributed by atoms with Crippen molar-refractivity contribution < 1.29 is 19.2 Å². The van der Waals surface area contributed by atoms with Gasteiger partial charge in [-0.15, -0.1) is 0 Å². The molecule has 0 aliphatic carbocycles. The van der Waals surface area contributed by atoms with Gasteiger partial charge in [-0.3, -0.25) is 14.3 Å². The first kappa shape index (κ1) is 21.8. The number of rotatable bonds is 6. The van der Waals surface area contributed by atoms with Gasteiger partial charge in [0.05, 0.1) is 25.9 Å². The molecule has 0 spiro atoms. The SMILES string of the molecule is COC(=O)c1ccc([C@@H](c2c(N)n(CC(C)C)c(=O)[nH]c2=O)[NH+]2CCOCC2)cc1. The molecule has 1 atom stereocenters. The van der Waals surface area contributed by atoms with Crippen LogP contribution >= 0.6 is 0 Å². The van der Waals surface area contributed by atoms with E-state index < -0.39 is 23.3 Å². The number of quaternary nitrogens is 1. The number of methoxy groups -OCH3 is 1. The molecule has 3 rings (SSSR count). The first-order valence-corrected chi connectivity index (χ1v) is 10.1. The number of carbonyl (C=O) groups excluding carboxylic acids is 1. The van der Waals surface area contributed by atoms with E-state index in [1.54, 1.807) is 24.3 Å². The Balaban J connectivity index is 2.15. The van der Waals surface area contributed by atoms with Crippen molar-refractivity contribution in [3.8, 4) is 0 Å². The molecule has 9 nitrogen and oxygen atoms in total. The third-order valence-electron chi connectivity index (χ3n) is 5.32. The lowest BCUT2D eigenvalue weighted by molar-refractivity contribution is -0.933. The number of esters is 1. The molecule has 2 heterocycles. The monoisotopic (exact) mass is 417 g/mol. The zero-order chi connectivity index (χ0) is 21.8. The van der Waals surface area contributed by atoms with Crippen molar-refractivity contribution in [1.82, 2.24) is 9.55 Å². The van der Waals surface area contributed by atoms with Crippen molar-refractivity contribution in [1.29, 1.82) is 0 Å². The van der Waals surface area contributed by atoms with E-state index in [0.29, 0.717) is 44.0 Å². The normalized spacial score (nSPS) is 15.9. The van der Waals surface area contributed by atoms with Crippen LogP contribution in [0.5, 0.6) is 0 Å². The maximum absolute atomic E-state index is 12.9. The Morgan fingerprint density at radius 2 is 1.87 bits per heavy atom. The number of morpholine rings is 1. The van der Waals surface area contributed by atoms with Crippen LogP contribution in [0.2, 0.25) is 0 Å². The highest BCUT2D eigenvalue weighted by Crippen LogP contribution is 2.22. The number of hydrogen-bond donors (Lipinski definition) is 3. The van der Waals surface area contributed by atoms with Gasteiger partial charge in [0.15, 0.2) is 0 Å². The van der Waals surface area contributed by atoms with E-state index in [-0.39, 0.29) is 11.7 Å². The quantitative estimate of drug-likeness (QED) is 0.549. The average Bonchev–Trinajstić information content (AvgIpc) is 2.74. The van der Waals surface area contributed by atoms with Gasteiger partial charge in [-0.25, -0.2) is 9.59 Å². The summed E-state index contributed by atoms with van der Waals surface area (Å²) in [5.41, 5.74) is 7.01. The van der Waals surface area contributed by atoms with Gasteiger partial charge < -0.3 is 20.1 Å². The van der Waals surface area contributed by atoms with Gasteiger partial charge >= 0.3 is 11.7 Å². The number of H-pyrrole nitrogens is 1. The second-order valence-electron chi connectivity index (χ2n) is 7.88. The van der Waals surface area contributed by atoms with Gasteiger partial charge in [-0.2, -0.15) is 0 Å². The molecular weight excluding hydrogens is 388 g/mol. The highest BCUT2D eigenvalue weighted by atomic mass is 16.5. The number of benzene rings is 1. The van der Waals surface area contributed by atoms with Crippen molar-refractivity contribution in [2.75, 3.05) is 39.1 Å². The summed E-state index contributed by atoms with van der Waals surface area (Å²) in [7, 11) is 1.33. The van der Waals surface area contributed by atoms with Gasteiger partial charge in [0.1, 0.15) is 30.5 Å². The number of nitrogens with one attached hydrogen (secondary N) is 2. The van der Waals surface area contributed by atoms with Crippen molar-refractivity contribution in [2.45, 2.75) is 26.4 Å². The van der Waals surface area contributed by atoms with Crippen LogP contribution in [0, 0.1) is 5.92 Å². The largest absolute Gasteiger partial charge is 0.465 e. The van der Waals surface area contributed by atoms with E-state index >= 15 is 0 Å². The lowest BCUT2D eigenvalue weighted by Gasteiger charge is -2.32. The number of carbonyl (C=O) groups is 1. The van der Waals surface area contributed by atoms with Crippen molar-refractivity contribution in [3.05, 3.63) is 61.8 Å². The third-order valence-corrected chi connectivity index (χ3v) is 5.32. The smallest absolute Gasteiger partial charge is 0.337 e. The lowest BCUT2D eigenvalue weighted by atomic mass is 9.96. The minimum absolute atomic E-state index is 0.178. The summed E-state index contributed by atoms with van der Waals surface area (Å²) in [5.74, 6) is -0.0737. The summed E-state index contributed by atoms with van der Waals surface area (Å²) >= 11 is 0. The van der Waals surface area contributed by atoms with Crippen molar-refractivity contribution in [2.24, 2.45) is 5.92 Å². The Bertz CT molecular complexity index is 1000. The molecule has 1 aromatic carbocycles. The molecule has 30 heavy (non-hydrogen) atoms. The minimum Gasteiger partial charge on any atom is -0.465 e. The number of aromatic nitrogens is 2. The fourth-order valence-corrected chi connectivity index (χ4v) is 3.89. The van der Waals surface area contributed by atoms with Crippen LogP contribution < -0.4 is 21.9 Å². The number of anilines is 1. The molecule has 9 heteroatoms. The van der Waals surface area contributed by atoms with Crippen molar-refractivity contribution in [3.63, 3.8) is 0 Å². The first-order valence-electron chi connectivity index (χ1n) is 10.1. The van der Waals surface area contributed by atoms with Gasteiger partial charge in [0.25, 0.3) is 5.56 Å². The Hall–Kier alpha value is -2.91. The second kappa shape index (κ2) is 9.27. The summed E-state index contributed by atoms with van der Waals surface area (Å²) in [4.78, 5) is 40.6. The zero-order valence-corrected chi connectivity index (χ0v) is 17.6. The number of nitrogens with zero attached hydrogens (tertiary/aromatic N) is 1. The number of ether oxygens (including phenoxy) is 2. The molecule has 0 amide bonds. The van der Waals surface area contributed by atoms with Gasteiger partial charge in [0.2, 0.25) is 0 Å². The molecule has 162 valence electrons. The lowest BCUT2D eigenvalue weighted by Crippen LogP contribution is -3.14. The topological polar surface area (TPSA) is 121 Å². The maximum Gasteiger partial charge on any atom is 0.337 e. The molecule has 0 unspecified atom stereocenters. The number of nitrogen functional groups attached to an aromatic ring is 1. The summed E-state index contributed by atoms with van der Waals surface area (Å²) in [5, 5.41) is 0. The van der Waals surface area contributed by atoms with Crippen LogP contribution in [0.3, 0.4) is 0 Å². The Morgan fingerprint density at radius 1 is 1.23 bits per heavy atom. The van der Waals surface area contributed by atoms with Crippen LogP contribution in [0.4, 0.5) is 5.82 Å². The molecule has 2 aromatic rings. The molecule has 4 N–H and O–H groups in total. The molecule has 0 bridgehead atoms. The average molecular weight is 417 g/mol. The van der Waals surface area contributed by atoms with Gasteiger partial charge in [0, 0.05) is 12.1 Å². The van der Waals surface area contributed by atoms with Crippen LogP contribution in [0.25, 0.3) is 0 Å². The van der Waals surface area contributed by atoms with Crippen LogP contribution in [-0.2, 0) is 16.0 Å². The van der Waals surface area contributed by atoms with E-state index in [1.165, 1.54) is 11.7 Å². The Labute approximate surface area is 174 Å². The van der Waals surface area contributed by atoms with E-state index in [0.717, 1.165) is 10.5 Å². The predicted octanol–water partition coefficient (Wildman–Crippen LogP) is -0.434. The molecule has 1 aromatic heterocycles. The fourth-order valence-electron chi connectivity index (χ4n) is 3.89. The molecule has 1 aliphatic rings. The minimum atomic E-state index is -0.508. The molecule has 0 radical (unpaired) electrons. The Kier molecular flexibility index (Phi) is 6.73. The van der Waals surface area contributed by atoms with E-state index in [4.69, 9.17) is 15.2 Å². The molecule has 1 aliphatic heterocycles. The highest BCUT2D eigenvalue weighted by molar-refractivity contribution is 5.89. The van der Waals surface area contributed by atoms with E-state index in [1.807, 2.05) is 13.8 Å². The second-order valence-corrected chi connectivity index (χ2v) is 7.88. The standard InChI is InChI=1S/C21H28N4O5/c1-13(2)12-25-18(22)16(19(26)23-21(25)28)17(24-8-10-30-11-9-24)14-4-6-15(7-5-14)20(27)29-3/h4-7,13,17H,8-12,22H2,1-3H3,(H,23,26,28)/p+1/t17-/m0/s1. The molecule has 1 fully saturated rings. The van der Waals surface area contributed by atoms with E-state index in [9.17, 15) is 14.4 Å². The first-order chi connectivity index (χ1) is 14.3. The van der Waals surface area contributed by atoms with Crippen LogP contribution in [0.1, 0.15) is 41.4 Å².